The number of likely N-dealkylation sites (N-methyl/N-ethyl adjacent to an activating group) is 1. The van der Waals surface area contributed by atoms with Crippen molar-refractivity contribution in [2.45, 2.75) is 18.4 Å². The highest BCUT2D eigenvalue weighted by atomic mass is 19.1. The summed E-state index contributed by atoms with van der Waals surface area (Å²) >= 11 is 0. The van der Waals surface area contributed by atoms with E-state index in [2.05, 4.69) is 11.4 Å². The molecule has 0 amide bonds. The van der Waals surface area contributed by atoms with Crippen LogP contribution in [0.2, 0.25) is 0 Å². The minimum absolute atomic E-state index is 0.172. The number of benzene rings is 1. The van der Waals surface area contributed by atoms with E-state index in [1.54, 1.807) is 25.2 Å². The van der Waals surface area contributed by atoms with Crippen LogP contribution < -0.4 is 10.1 Å². The summed E-state index contributed by atoms with van der Waals surface area (Å²) in [6.07, 6.45) is 2.05. The van der Waals surface area contributed by atoms with Crippen LogP contribution in [0.3, 0.4) is 0 Å². The van der Waals surface area contributed by atoms with E-state index in [4.69, 9.17) is 4.74 Å². The molecule has 4 heteroatoms. The van der Waals surface area contributed by atoms with Crippen LogP contribution in [0.1, 0.15) is 12.8 Å². The van der Waals surface area contributed by atoms with Crippen LogP contribution in [0.15, 0.2) is 24.3 Å². The summed E-state index contributed by atoms with van der Waals surface area (Å²) in [5.41, 5.74) is -0.692. The van der Waals surface area contributed by atoms with Crippen LogP contribution in [0.25, 0.3) is 0 Å². The van der Waals surface area contributed by atoms with E-state index in [9.17, 15) is 9.65 Å². The average molecular weight is 234 g/mol. The number of halogens is 1. The molecule has 0 aliphatic heterocycles. The Labute approximate surface area is 100 Å². The first-order valence-electron chi connectivity index (χ1n) is 5.69. The van der Waals surface area contributed by atoms with Gasteiger partial charge in [0.2, 0.25) is 0 Å². The fourth-order valence-corrected chi connectivity index (χ4v) is 1.90. The van der Waals surface area contributed by atoms with Gasteiger partial charge < -0.3 is 4.74 Å². The molecule has 1 unspecified atom stereocenters. The van der Waals surface area contributed by atoms with E-state index in [1.165, 1.54) is 6.07 Å². The van der Waals surface area contributed by atoms with Gasteiger partial charge in [0.15, 0.2) is 11.6 Å². The quantitative estimate of drug-likeness (QED) is 0.848. The fourth-order valence-electron chi connectivity index (χ4n) is 1.90. The lowest BCUT2D eigenvalue weighted by Crippen LogP contribution is -2.49. The molecule has 90 valence electrons. The number of para-hydroxylation sites is 1. The van der Waals surface area contributed by atoms with Crippen LogP contribution in [-0.4, -0.2) is 19.2 Å². The van der Waals surface area contributed by atoms with E-state index < -0.39 is 11.4 Å². The normalized spacial score (nSPS) is 18.2. The number of nitrogens with zero attached hydrogens (tertiary/aromatic N) is 1. The first kappa shape index (κ1) is 11.9. The van der Waals surface area contributed by atoms with Crippen molar-refractivity contribution in [2.75, 3.05) is 13.7 Å². The molecule has 1 aromatic carbocycles. The molecule has 0 heterocycles. The molecule has 1 N–H and O–H groups in total. The molecular formula is C13H15FN2O. The van der Waals surface area contributed by atoms with Crippen molar-refractivity contribution >= 4 is 0 Å². The van der Waals surface area contributed by atoms with E-state index >= 15 is 0 Å². The number of hydrogen-bond acceptors (Lipinski definition) is 3. The lowest BCUT2D eigenvalue weighted by atomic mass is 9.96. The van der Waals surface area contributed by atoms with Crippen molar-refractivity contribution in [3.05, 3.63) is 30.1 Å². The number of ether oxygens (including phenoxy) is 1. The van der Waals surface area contributed by atoms with Crippen molar-refractivity contribution in [3.63, 3.8) is 0 Å². The van der Waals surface area contributed by atoms with Crippen molar-refractivity contribution in [2.24, 2.45) is 5.92 Å². The summed E-state index contributed by atoms with van der Waals surface area (Å²) in [6, 6.07) is 8.50. The predicted molar refractivity (Wildman–Crippen MR) is 62.0 cm³/mol. The summed E-state index contributed by atoms with van der Waals surface area (Å²) in [5.74, 6) is 0.110. The Morgan fingerprint density at radius 3 is 2.76 bits per heavy atom. The fraction of sp³-hybridized carbons (Fsp3) is 0.462. The second-order valence-electron chi connectivity index (χ2n) is 4.33. The Morgan fingerprint density at radius 2 is 2.24 bits per heavy atom. The topological polar surface area (TPSA) is 45.0 Å². The molecule has 0 bridgehead atoms. The van der Waals surface area contributed by atoms with Crippen LogP contribution in [0.5, 0.6) is 5.75 Å². The zero-order chi connectivity index (χ0) is 12.3. The summed E-state index contributed by atoms with van der Waals surface area (Å²) in [7, 11) is 1.74. The average Bonchev–Trinajstić information content (AvgIpc) is 3.18. The van der Waals surface area contributed by atoms with Gasteiger partial charge in [-0.15, -0.1) is 0 Å². The van der Waals surface area contributed by atoms with Crippen LogP contribution >= 0.6 is 0 Å². The van der Waals surface area contributed by atoms with Gasteiger partial charge in [0.1, 0.15) is 12.1 Å². The summed E-state index contributed by atoms with van der Waals surface area (Å²) < 4.78 is 18.8. The van der Waals surface area contributed by atoms with Gasteiger partial charge in [0.25, 0.3) is 0 Å². The number of rotatable bonds is 5. The van der Waals surface area contributed by atoms with Gasteiger partial charge in [-0.1, -0.05) is 12.1 Å². The molecule has 1 aliphatic carbocycles. The van der Waals surface area contributed by atoms with E-state index in [-0.39, 0.29) is 12.4 Å². The Morgan fingerprint density at radius 1 is 1.53 bits per heavy atom. The molecule has 1 atom stereocenters. The van der Waals surface area contributed by atoms with E-state index in [1.807, 2.05) is 0 Å². The molecule has 0 aromatic heterocycles. The highest BCUT2D eigenvalue weighted by Crippen LogP contribution is 2.39. The molecule has 0 saturated heterocycles. The van der Waals surface area contributed by atoms with E-state index in [0.29, 0.717) is 5.92 Å². The maximum Gasteiger partial charge on any atom is 0.165 e. The monoisotopic (exact) mass is 234 g/mol. The van der Waals surface area contributed by atoms with Gasteiger partial charge in [-0.3, -0.25) is 5.32 Å². The van der Waals surface area contributed by atoms with Gasteiger partial charge in [-0.2, -0.15) is 5.26 Å². The SMILES string of the molecule is CNC(C#N)(COc1ccccc1F)C1CC1. The standard InChI is InChI=1S/C13H15FN2O/c1-16-13(8-15,10-6-7-10)9-17-12-5-3-2-4-11(12)14/h2-5,10,16H,6-7,9H2,1H3. The molecule has 0 radical (unpaired) electrons. The summed E-state index contributed by atoms with van der Waals surface area (Å²) in [5, 5.41) is 12.3. The molecule has 17 heavy (non-hydrogen) atoms. The minimum Gasteiger partial charge on any atom is -0.487 e. The lowest BCUT2D eigenvalue weighted by molar-refractivity contribution is 0.204. The van der Waals surface area contributed by atoms with Gasteiger partial charge in [-0.25, -0.2) is 4.39 Å². The minimum atomic E-state index is -0.692. The summed E-state index contributed by atoms with van der Waals surface area (Å²) in [4.78, 5) is 0. The molecule has 1 fully saturated rings. The Balaban J connectivity index is 2.06. The van der Waals surface area contributed by atoms with Crippen molar-refractivity contribution in [1.82, 2.24) is 5.32 Å². The van der Waals surface area contributed by atoms with Gasteiger partial charge >= 0.3 is 0 Å². The first-order chi connectivity index (χ1) is 8.22. The zero-order valence-corrected chi connectivity index (χ0v) is 9.74. The maximum absolute atomic E-state index is 13.4. The van der Waals surface area contributed by atoms with Gasteiger partial charge in [-0.05, 0) is 37.9 Å². The van der Waals surface area contributed by atoms with Crippen molar-refractivity contribution in [1.29, 1.82) is 5.26 Å². The van der Waals surface area contributed by atoms with Crippen LogP contribution in [-0.2, 0) is 0 Å². The first-order valence-corrected chi connectivity index (χ1v) is 5.69. The third-order valence-corrected chi connectivity index (χ3v) is 3.21. The number of hydrogen-bond donors (Lipinski definition) is 1. The third kappa shape index (κ3) is 2.40. The van der Waals surface area contributed by atoms with Gasteiger partial charge in [0, 0.05) is 0 Å². The summed E-state index contributed by atoms with van der Waals surface area (Å²) in [6.45, 7) is 0.172. The second-order valence-corrected chi connectivity index (χ2v) is 4.33. The molecular weight excluding hydrogens is 219 g/mol. The van der Waals surface area contributed by atoms with Crippen LogP contribution in [0.4, 0.5) is 4.39 Å². The number of nitriles is 1. The highest BCUT2D eigenvalue weighted by molar-refractivity contribution is 5.25. The smallest absolute Gasteiger partial charge is 0.165 e. The number of nitrogens with one attached hydrogen (secondary N) is 1. The Kier molecular flexibility index (Phi) is 3.30. The highest BCUT2D eigenvalue weighted by Gasteiger charge is 2.45. The predicted octanol–water partition coefficient (Wildman–Crippen LogP) is 2.10. The Bertz CT molecular complexity index is 439. The van der Waals surface area contributed by atoms with Crippen molar-refractivity contribution in [3.8, 4) is 11.8 Å². The molecule has 1 aromatic rings. The van der Waals surface area contributed by atoms with Crippen LogP contribution in [0, 0.1) is 23.1 Å². The maximum atomic E-state index is 13.4. The largest absolute Gasteiger partial charge is 0.487 e. The molecule has 0 spiro atoms. The molecule has 2 rings (SSSR count). The lowest BCUT2D eigenvalue weighted by Gasteiger charge is -2.25. The van der Waals surface area contributed by atoms with E-state index in [0.717, 1.165) is 12.8 Å². The third-order valence-electron chi connectivity index (χ3n) is 3.21. The molecule has 1 saturated carbocycles. The second kappa shape index (κ2) is 4.72. The van der Waals surface area contributed by atoms with Crippen molar-refractivity contribution < 1.29 is 9.13 Å². The van der Waals surface area contributed by atoms with Gasteiger partial charge in [0.05, 0.1) is 6.07 Å². The Hall–Kier alpha value is -1.60. The zero-order valence-electron chi connectivity index (χ0n) is 9.74. The molecule has 3 nitrogen and oxygen atoms in total. The molecule has 1 aliphatic rings.